The summed E-state index contributed by atoms with van der Waals surface area (Å²) in [5, 5.41) is 9.21. The van der Waals surface area contributed by atoms with Gasteiger partial charge in [-0.3, -0.25) is 0 Å². The third kappa shape index (κ3) is 8.50. The van der Waals surface area contributed by atoms with Crippen LogP contribution in [0.5, 0.6) is 5.75 Å². The van der Waals surface area contributed by atoms with Gasteiger partial charge in [0.1, 0.15) is 5.75 Å². The molecule has 0 radical (unpaired) electrons. The third-order valence-electron chi connectivity index (χ3n) is 3.43. The average molecular weight is 349 g/mol. The van der Waals surface area contributed by atoms with E-state index >= 15 is 0 Å². The highest BCUT2D eigenvalue weighted by atomic mass is 35.5. The molecule has 0 fully saturated rings. The fraction of sp³-hybridized carbons (Fsp3) is 0.588. The number of hydrogen-bond donors (Lipinski definition) is 1. The van der Waals surface area contributed by atoms with Crippen LogP contribution in [0, 0.1) is 0 Å². The minimum absolute atomic E-state index is 0. The zero-order chi connectivity index (χ0) is 15.5. The SMILES string of the molecule is CCCCCCCCCCOc1ccc(C(=O)O)cc1Cl.Cl. The first-order valence-electron chi connectivity index (χ1n) is 7.80. The second kappa shape index (κ2) is 12.6. The van der Waals surface area contributed by atoms with Gasteiger partial charge in [-0.15, -0.1) is 12.4 Å². The number of halogens is 2. The van der Waals surface area contributed by atoms with Crippen LogP contribution in [-0.2, 0) is 0 Å². The molecule has 0 unspecified atom stereocenters. The van der Waals surface area contributed by atoms with Crippen molar-refractivity contribution in [3.8, 4) is 5.75 Å². The maximum Gasteiger partial charge on any atom is 0.335 e. The molecule has 0 bridgehead atoms. The lowest BCUT2D eigenvalue weighted by Crippen LogP contribution is -2.00. The highest BCUT2D eigenvalue weighted by Gasteiger charge is 2.07. The fourth-order valence-electron chi connectivity index (χ4n) is 2.17. The van der Waals surface area contributed by atoms with Crippen LogP contribution < -0.4 is 4.74 Å². The summed E-state index contributed by atoms with van der Waals surface area (Å²) in [6.07, 6.45) is 10.0. The van der Waals surface area contributed by atoms with E-state index in [0.717, 1.165) is 12.8 Å². The summed E-state index contributed by atoms with van der Waals surface area (Å²) in [7, 11) is 0. The smallest absolute Gasteiger partial charge is 0.335 e. The fourth-order valence-corrected chi connectivity index (χ4v) is 2.40. The monoisotopic (exact) mass is 348 g/mol. The molecule has 1 rings (SSSR count). The Hall–Kier alpha value is -0.930. The molecule has 0 heterocycles. The predicted octanol–water partition coefficient (Wildman–Crippen LogP) is 5.98. The Labute approximate surface area is 144 Å². The van der Waals surface area contributed by atoms with E-state index in [1.165, 1.54) is 50.7 Å². The maximum atomic E-state index is 10.8. The molecule has 0 saturated carbocycles. The molecular formula is C17H26Cl2O3. The summed E-state index contributed by atoms with van der Waals surface area (Å²) in [4.78, 5) is 10.8. The summed E-state index contributed by atoms with van der Waals surface area (Å²) < 4.78 is 5.59. The van der Waals surface area contributed by atoms with Crippen LogP contribution in [0.2, 0.25) is 5.02 Å². The quantitative estimate of drug-likeness (QED) is 0.500. The first-order valence-corrected chi connectivity index (χ1v) is 8.18. The molecule has 5 heteroatoms. The van der Waals surface area contributed by atoms with Gasteiger partial charge in [-0.05, 0) is 24.6 Å². The molecule has 0 aliphatic heterocycles. The van der Waals surface area contributed by atoms with Crippen LogP contribution >= 0.6 is 24.0 Å². The standard InChI is InChI=1S/C17H25ClO3.ClH/c1-2-3-4-5-6-7-8-9-12-21-16-11-10-14(17(19)20)13-15(16)18;/h10-11,13H,2-9,12H2,1H3,(H,19,20);1H. The van der Waals surface area contributed by atoms with Crippen molar-refractivity contribution in [2.24, 2.45) is 0 Å². The van der Waals surface area contributed by atoms with Gasteiger partial charge in [0.25, 0.3) is 0 Å². The lowest BCUT2D eigenvalue weighted by molar-refractivity contribution is 0.0697. The zero-order valence-electron chi connectivity index (χ0n) is 13.1. The number of ether oxygens (including phenoxy) is 1. The van der Waals surface area contributed by atoms with Crippen LogP contribution in [-0.4, -0.2) is 17.7 Å². The van der Waals surface area contributed by atoms with E-state index in [1.807, 2.05) is 0 Å². The van der Waals surface area contributed by atoms with Crippen LogP contribution in [0.25, 0.3) is 0 Å². The highest BCUT2D eigenvalue weighted by Crippen LogP contribution is 2.25. The van der Waals surface area contributed by atoms with Gasteiger partial charge in [0, 0.05) is 0 Å². The molecule has 1 aromatic rings. The Morgan fingerprint density at radius 3 is 2.23 bits per heavy atom. The number of unbranched alkanes of at least 4 members (excludes halogenated alkanes) is 7. The van der Waals surface area contributed by atoms with E-state index < -0.39 is 5.97 Å². The van der Waals surface area contributed by atoms with Crippen LogP contribution in [0.15, 0.2) is 18.2 Å². The normalized spacial score (nSPS) is 10.1. The Morgan fingerprint density at radius 1 is 1.09 bits per heavy atom. The molecule has 1 aromatic carbocycles. The maximum absolute atomic E-state index is 10.8. The van der Waals surface area contributed by atoms with Gasteiger partial charge in [-0.25, -0.2) is 4.79 Å². The Balaban J connectivity index is 0.00000441. The number of carboxylic acids is 1. The van der Waals surface area contributed by atoms with Crippen molar-refractivity contribution in [3.05, 3.63) is 28.8 Å². The lowest BCUT2D eigenvalue weighted by atomic mass is 10.1. The lowest BCUT2D eigenvalue weighted by Gasteiger charge is -2.08. The first-order chi connectivity index (χ1) is 10.1. The summed E-state index contributed by atoms with van der Waals surface area (Å²) in [5.74, 6) is -0.420. The van der Waals surface area contributed by atoms with Gasteiger partial charge >= 0.3 is 5.97 Å². The average Bonchev–Trinajstić information content (AvgIpc) is 2.46. The van der Waals surface area contributed by atoms with Gasteiger partial charge < -0.3 is 9.84 Å². The highest BCUT2D eigenvalue weighted by molar-refractivity contribution is 6.32. The third-order valence-corrected chi connectivity index (χ3v) is 3.73. The van der Waals surface area contributed by atoms with Gasteiger partial charge in [-0.1, -0.05) is 63.5 Å². The minimum Gasteiger partial charge on any atom is -0.492 e. The largest absolute Gasteiger partial charge is 0.492 e. The summed E-state index contributed by atoms with van der Waals surface area (Å²) in [6, 6.07) is 4.56. The molecular weight excluding hydrogens is 323 g/mol. The van der Waals surface area contributed by atoms with E-state index in [4.69, 9.17) is 21.4 Å². The second-order valence-corrected chi connectivity index (χ2v) is 5.68. The molecule has 0 aliphatic carbocycles. The number of hydrogen-bond acceptors (Lipinski definition) is 2. The number of carboxylic acid groups (broad SMARTS) is 1. The number of benzene rings is 1. The van der Waals surface area contributed by atoms with Gasteiger partial charge in [0.05, 0.1) is 17.2 Å². The van der Waals surface area contributed by atoms with Crippen molar-refractivity contribution < 1.29 is 14.6 Å². The Morgan fingerprint density at radius 2 is 1.68 bits per heavy atom. The molecule has 1 N–H and O–H groups in total. The summed E-state index contributed by atoms with van der Waals surface area (Å²) >= 11 is 6.00. The van der Waals surface area contributed by atoms with Crippen LogP contribution in [0.4, 0.5) is 0 Å². The first kappa shape index (κ1) is 21.1. The van der Waals surface area contributed by atoms with Gasteiger partial charge in [0.15, 0.2) is 0 Å². The van der Waals surface area contributed by atoms with Crippen molar-refractivity contribution >= 4 is 30.0 Å². The Kier molecular flexibility index (Phi) is 12.1. The Bertz CT molecular complexity index is 436. The molecule has 0 atom stereocenters. The number of carbonyl (C=O) groups is 1. The molecule has 3 nitrogen and oxygen atoms in total. The zero-order valence-corrected chi connectivity index (χ0v) is 14.7. The van der Waals surface area contributed by atoms with E-state index in [-0.39, 0.29) is 18.0 Å². The van der Waals surface area contributed by atoms with Crippen LogP contribution in [0.3, 0.4) is 0 Å². The van der Waals surface area contributed by atoms with Crippen molar-refractivity contribution in [1.29, 1.82) is 0 Å². The molecule has 22 heavy (non-hydrogen) atoms. The molecule has 0 saturated heterocycles. The van der Waals surface area contributed by atoms with Crippen molar-refractivity contribution in [2.45, 2.75) is 58.3 Å². The van der Waals surface area contributed by atoms with E-state index in [1.54, 1.807) is 6.07 Å². The molecule has 0 amide bonds. The van der Waals surface area contributed by atoms with Crippen molar-refractivity contribution in [3.63, 3.8) is 0 Å². The predicted molar refractivity (Wildman–Crippen MR) is 93.8 cm³/mol. The number of aromatic carboxylic acids is 1. The second-order valence-electron chi connectivity index (χ2n) is 5.27. The minimum atomic E-state index is -0.980. The van der Waals surface area contributed by atoms with Crippen molar-refractivity contribution in [2.75, 3.05) is 6.61 Å². The summed E-state index contributed by atoms with van der Waals surface area (Å²) in [6.45, 7) is 2.85. The van der Waals surface area contributed by atoms with E-state index in [0.29, 0.717) is 17.4 Å². The van der Waals surface area contributed by atoms with Gasteiger partial charge in [0.2, 0.25) is 0 Å². The van der Waals surface area contributed by atoms with Crippen molar-refractivity contribution in [1.82, 2.24) is 0 Å². The summed E-state index contributed by atoms with van der Waals surface area (Å²) in [5.41, 5.74) is 0.180. The molecule has 0 aromatic heterocycles. The molecule has 0 spiro atoms. The number of rotatable bonds is 11. The van der Waals surface area contributed by atoms with Gasteiger partial charge in [-0.2, -0.15) is 0 Å². The molecule has 0 aliphatic rings. The van der Waals surface area contributed by atoms with Crippen LogP contribution in [0.1, 0.15) is 68.6 Å². The topological polar surface area (TPSA) is 46.5 Å². The molecule has 126 valence electrons. The van der Waals surface area contributed by atoms with E-state index in [2.05, 4.69) is 6.92 Å². The van der Waals surface area contributed by atoms with E-state index in [9.17, 15) is 4.79 Å².